The summed E-state index contributed by atoms with van der Waals surface area (Å²) < 4.78 is 26.4. The van der Waals surface area contributed by atoms with Crippen molar-refractivity contribution in [1.82, 2.24) is 0 Å². The van der Waals surface area contributed by atoms with Crippen molar-refractivity contribution in [1.29, 1.82) is 0 Å². The summed E-state index contributed by atoms with van der Waals surface area (Å²) in [6.07, 6.45) is 1.86. The van der Waals surface area contributed by atoms with Crippen molar-refractivity contribution in [2.45, 2.75) is 43.2 Å². The molecule has 4 nitrogen and oxygen atoms in total. The van der Waals surface area contributed by atoms with Crippen LogP contribution in [0.15, 0.2) is 69.3 Å². The molecule has 32 heavy (non-hydrogen) atoms. The zero-order valence-electron chi connectivity index (χ0n) is 18.5. The van der Waals surface area contributed by atoms with Crippen LogP contribution in [0.3, 0.4) is 0 Å². The van der Waals surface area contributed by atoms with Gasteiger partial charge in [-0.1, -0.05) is 53.7 Å². The quantitative estimate of drug-likeness (QED) is 0.484. The normalized spacial score (nSPS) is 14.9. The topological polar surface area (TPSA) is 63.2 Å². The minimum Gasteiger partial charge on any atom is -0.320 e. The van der Waals surface area contributed by atoms with Crippen LogP contribution >= 0.6 is 11.8 Å². The van der Waals surface area contributed by atoms with Gasteiger partial charge < -0.3 is 5.32 Å². The molecule has 0 unspecified atom stereocenters. The zero-order chi connectivity index (χ0) is 23.0. The predicted octanol–water partition coefficient (Wildman–Crippen LogP) is 5.98. The summed E-state index contributed by atoms with van der Waals surface area (Å²) in [7, 11) is -3.54. The third-order valence-corrected chi connectivity index (χ3v) is 8.42. The molecule has 0 bridgehead atoms. The Bertz CT molecular complexity index is 1350. The minimum atomic E-state index is -3.54. The van der Waals surface area contributed by atoms with Crippen LogP contribution < -0.4 is 5.32 Å². The number of nitrogens with one attached hydrogen (secondary N) is 1. The number of hydrogen-bond acceptors (Lipinski definition) is 4. The average molecular weight is 464 g/mol. The molecular formula is C26H25NO3S2. The van der Waals surface area contributed by atoms with Crippen molar-refractivity contribution < 1.29 is 13.2 Å². The number of fused-ring (bicyclic) bond motifs is 1. The molecule has 3 aromatic rings. The molecule has 1 aliphatic rings. The maximum Gasteiger partial charge on any atom is 0.262 e. The standard InChI is InChI=1S/C26H25NO3S2/c1-16-8-9-20(19(4)12-16)13-25-26(28)27-23-11-10-21(14-24(23)31-25)32(29,30)15-22-17(2)6-5-7-18(22)3/h5-14H,15H2,1-4H3,(H,27,28)/b25-13+. The predicted molar refractivity (Wildman–Crippen MR) is 132 cm³/mol. The second-order valence-electron chi connectivity index (χ2n) is 8.21. The van der Waals surface area contributed by atoms with E-state index in [1.54, 1.807) is 18.2 Å². The molecule has 0 spiro atoms. The molecule has 164 valence electrons. The van der Waals surface area contributed by atoms with E-state index in [0.29, 0.717) is 10.6 Å². The SMILES string of the molecule is Cc1ccc(/C=C2/Sc3cc(S(=O)(=O)Cc4c(C)cccc4C)ccc3NC2=O)c(C)c1. The van der Waals surface area contributed by atoms with Crippen molar-refractivity contribution in [2.24, 2.45) is 0 Å². The van der Waals surface area contributed by atoms with Gasteiger partial charge in [-0.3, -0.25) is 4.79 Å². The number of aryl methyl sites for hydroxylation is 4. The number of thioether (sulfide) groups is 1. The third kappa shape index (κ3) is 4.52. The highest BCUT2D eigenvalue weighted by Crippen LogP contribution is 2.40. The van der Waals surface area contributed by atoms with E-state index in [1.165, 1.54) is 11.8 Å². The molecule has 1 N–H and O–H groups in total. The number of anilines is 1. The smallest absolute Gasteiger partial charge is 0.262 e. The largest absolute Gasteiger partial charge is 0.320 e. The molecule has 0 radical (unpaired) electrons. The van der Waals surface area contributed by atoms with Crippen molar-refractivity contribution in [3.8, 4) is 0 Å². The molecule has 0 atom stereocenters. The molecule has 1 heterocycles. The minimum absolute atomic E-state index is 0.0490. The van der Waals surface area contributed by atoms with Crippen LogP contribution in [-0.4, -0.2) is 14.3 Å². The monoisotopic (exact) mass is 463 g/mol. The van der Waals surface area contributed by atoms with E-state index in [-0.39, 0.29) is 16.6 Å². The Morgan fingerprint density at radius 2 is 1.62 bits per heavy atom. The second-order valence-corrected chi connectivity index (χ2v) is 11.3. The molecule has 1 aliphatic heterocycles. The highest BCUT2D eigenvalue weighted by molar-refractivity contribution is 8.04. The molecule has 6 heteroatoms. The Labute approximate surface area is 193 Å². The molecule has 0 saturated heterocycles. The average Bonchev–Trinajstić information content (AvgIpc) is 2.73. The maximum absolute atomic E-state index is 13.2. The summed E-state index contributed by atoms with van der Waals surface area (Å²) in [4.78, 5) is 14.1. The van der Waals surface area contributed by atoms with Crippen molar-refractivity contribution in [3.05, 3.63) is 92.9 Å². The highest BCUT2D eigenvalue weighted by Gasteiger charge is 2.25. The lowest BCUT2D eigenvalue weighted by Gasteiger charge is -2.20. The fourth-order valence-electron chi connectivity index (χ4n) is 3.81. The summed E-state index contributed by atoms with van der Waals surface area (Å²) >= 11 is 1.30. The molecule has 4 rings (SSSR count). The van der Waals surface area contributed by atoms with Crippen LogP contribution in [0.1, 0.15) is 33.4 Å². The van der Waals surface area contributed by atoms with Gasteiger partial charge in [0.25, 0.3) is 5.91 Å². The van der Waals surface area contributed by atoms with Gasteiger partial charge in [-0.25, -0.2) is 8.42 Å². The number of sulfone groups is 1. The lowest BCUT2D eigenvalue weighted by molar-refractivity contribution is -0.112. The van der Waals surface area contributed by atoms with Crippen molar-refractivity contribution in [3.63, 3.8) is 0 Å². The highest BCUT2D eigenvalue weighted by atomic mass is 32.2. The van der Waals surface area contributed by atoms with Gasteiger partial charge in [0, 0.05) is 4.90 Å². The lowest BCUT2D eigenvalue weighted by Crippen LogP contribution is -2.18. The van der Waals surface area contributed by atoms with Crippen LogP contribution in [0.4, 0.5) is 5.69 Å². The maximum atomic E-state index is 13.2. The summed E-state index contributed by atoms with van der Waals surface area (Å²) in [5.41, 5.74) is 6.61. The van der Waals surface area contributed by atoms with Crippen LogP contribution in [0.2, 0.25) is 0 Å². The van der Waals surface area contributed by atoms with Gasteiger partial charge in [-0.2, -0.15) is 0 Å². The first kappa shape index (κ1) is 22.4. The fourth-order valence-corrected chi connectivity index (χ4v) is 6.44. The van der Waals surface area contributed by atoms with E-state index >= 15 is 0 Å². The number of hydrogen-bond donors (Lipinski definition) is 1. The summed E-state index contributed by atoms with van der Waals surface area (Å²) in [6, 6.07) is 16.8. The molecule has 3 aromatic carbocycles. The first-order chi connectivity index (χ1) is 15.1. The van der Waals surface area contributed by atoms with E-state index < -0.39 is 9.84 Å². The van der Waals surface area contributed by atoms with Gasteiger partial charge in [-0.15, -0.1) is 0 Å². The van der Waals surface area contributed by atoms with Gasteiger partial charge >= 0.3 is 0 Å². The fraction of sp³-hybridized carbons (Fsp3) is 0.192. The Hall–Kier alpha value is -2.83. The van der Waals surface area contributed by atoms with Crippen LogP contribution in [0.5, 0.6) is 0 Å². The Morgan fingerprint density at radius 1 is 0.906 bits per heavy atom. The first-order valence-electron chi connectivity index (χ1n) is 10.3. The molecule has 0 aromatic heterocycles. The molecular weight excluding hydrogens is 438 g/mol. The molecule has 0 saturated carbocycles. The molecule has 0 fully saturated rings. The van der Waals surface area contributed by atoms with Gasteiger partial charge in [0.15, 0.2) is 9.84 Å². The van der Waals surface area contributed by atoms with E-state index in [1.807, 2.05) is 64.1 Å². The number of carbonyl (C=O) groups is 1. The van der Waals surface area contributed by atoms with Gasteiger partial charge in [0.1, 0.15) is 0 Å². The summed E-state index contributed by atoms with van der Waals surface area (Å²) in [6.45, 7) is 7.90. The summed E-state index contributed by atoms with van der Waals surface area (Å²) in [5.74, 6) is -0.235. The lowest BCUT2D eigenvalue weighted by atomic mass is 10.1. The van der Waals surface area contributed by atoms with E-state index in [9.17, 15) is 13.2 Å². The molecule has 1 amide bonds. The summed E-state index contributed by atoms with van der Waals surface area (Å²) in [5, 5.41) is 2.88. The van der Waals surface area contributed by atoms with Gasteiger partial charge in [0.2, 0.25) is 0 Å². The second kappa shape index (κ2) is 8.60. The number of amides is 1. The Kier molecular flexibility index (Phi) is 6.01. The first-order valence-corrected chi connectivity index (χ1v) is 12.8. The van der Waals surface area contributed by atoms with E-state index in [2.05, 4.69) is 11.4 Å². The number of carbonyl (C=O) groups excluding carboxylic acids is 1. The Balaban J connectivity index is 1.67. The zero-order valence-corrected chi connectivity index (χ0v) is 20.2. The van der Waals surface area contributed by atoms with E-state index in [0.717, 1.165) is 38.3 Å². The third-order valence-electron chi connectivity index (χ3n) is 5.69. The van der Waals surface area contributed by atoms with Gasteiger partial charge in [-0.05, 0) is 79.8 Å². The van der Waals surface area contributed by atoms with Crippen LogP contribution in [-0.2, 0) is 20.4 Å². The van der Waals surface area contributed by atoms with Crippen molar-refractivity contribution in [2.75, 3.05) is 5.32 Å². The molecule has 0 aliphatic carbocycles. The number of rotatable bonds is 4. The Morgan fingerprint density at radius 3 is 2.31 bits per heavy atom. The van der Waals surface area contributed by atoms with Gasteiger partial charge in [0.05, 0.1) is 21.2 Å². The van der Waals surface area contributed by atoms with Crippen molar-refractivity contribution >= 4 is 39.3 Å². The number of benzene rings is 3. The van der Waals surface area contributed by atoms with Crippen LogP contribution in [0.25, 0.3) is 6.08 Å². The van der Waals surface area contributed by atoms with E-state index in [4.69, 9.17) is 0 Å². The van der Waals surface area contributed by atoms with Crippen LogP contribution in [0, 0.1) is 27.7 Å².